The fourth-order valence-corrected chi connectivity index (χ4v) is 2.87. The molecule has 1 aromatic carbocycles. The third kappa shape index (κ3) is 3.56. The summed E-state index contributed by atoms with van der Waals surface area (Å²) in [6.07, 6.45) is 2.65. The number of nitrogens with one attached hydrogen (secondary N) is 1. The van der Waals surface area contributed by atoms with Gasteiger partial charge < -0.3 is 5.32 Å². The van der Waals surface area contributed by atoms with Crippen molar-refractivity contribution in [2.75, 3.05) is 19.6 Å². The van der Waals surface area contributed by atoms with E-state index < -0.39 is 0 Å². The first kappa shape index (κ1) is 13.6. The standard InChI is InChI=1S/C16H26N2/c1-4-17-16-6-5-9-18(12-16)11-15-10-13(2)7-8-14(15)3/h7-8,10,16-17H,4-6,9,11-12H2,1-3H3. The highest BCUT2D eigenvalue weighted by atomic mass is 15.2. The highest BCUT2D eigenvalue weighted by Crippen LogP contribution is 2.17. The molecule has 18 heavy (non-hydrogen) atoms. The topological polar surface area (TPSA) is 15.3 Å². The molecule has 0 aromatic heterocycles. The van der Waals surface area contributed by atoms with Gasteiger partial charge in [0.1, 0.15) is 0 Å². The number of piperidine rings is 1. The van der Waals surface area contributed by atoms with Gasteiger partial charge in [0.25, 0.3) is 0 Å². The van der Waals surface area contributed by atoms with Crippen molar-refractivity contribution in [2.45, 2.75) is 46.2 Å². The Labute approximate surface area is 111 Å². The van der Waals surface area contributed by atoms with Crippen LogP contribution < -0.4 is 5.32 Å². The first-order chi connectivity index (χ1) is 8.69. The second kappa shape index (κ2) is 6.35. The maximum atomic E-state index is 3.58. The molecular formula is C16H26N2. The molecule has 0 spiro atoms. The summed E-state index contributed by atoms with van der Waals surface area (Å²) in [5, 5.41) is 3.58. The smallest absolute Gasteiger partial charge is 0.0237 e. The van der Waals surface area contributed by atoms with Crippen molar-refractivity contribution >= 4 is 0 Å². The highest BCUT2D eigenvalue weighted by Gasteiger charge is 2.19. The van der Waals surface area contributed by atoms with Gasteiger partial charge in [0.15, 0.2) is 0 Å². The van der Waals surface area contributed by atoms with E-state index in [0.29, 0.717) is 6.04 Å². The van der Waals surface area contributed by atoms with E-state index in [1.165, 1.54) is 42.6 Å². The summed E-state index contributed by atoms with van der Waals surface area (Å²) in [5.41, 5.74) is 4.29. The van der Waals surface area contributed by atoms with Gasteiger partial charge in [0.2, 0.25) is 0 Å². The molecule has 100 valence electrons. The summed E-state index contributed by atoms with van der Waals surface area (Å²) in [5.74, 6) is 0. The Morgan fingerprint density at radius 3 is 2.94 bits per heavy atom. The Hall–Kier alpha value is -0.860. The molecule has 0 aliphatic carbocycles. The first-order valence-corrected chi connectivity index (χ1v) is 7.21. The van der Waals surface area contributed by atoms with E-state index in [1.807, 2.05) is 0 Å². The van der Waals surface area contributed by atoms with Gasteiger partial charge in [-0.25, -0.2) is 0 Å². The van der Waals surface area contributed by atoms with Gasteiger partial charge in [0, 0.05) is 19.1 Å². The van der Waals surface area contributed by atoms with Crippen LogP contribution in [0.1, 0.15) is 36.5 Å². The number of likely N-dealkylation sites (tertiary alicyclic amines) is 1. The van der Waals surface area contributed by atoms with Crippen molar-refractivity contribution < 1.29 is 0 Å². The van der Waals surface area contributed by atoms with Crippen LogP contribution in [0.3, 0.4) is 0 Å². The van der Waals surface area contributed by atoms with Gasteiger partial charge in [-0.2, -0.15) is 0 Å². The predicted molar refractivity (Wildman–Crippen MR) is 77.9 cm³/mol. The monoisotopic (exact) mass is 246 g/mol. The second-order valence-corrected chi connectivity index (χ2v) is 5.56. The van der Waals surface area contributed by atoms with Crippen LogP contribution in [0.5, 0.6) is 0 Å². The third-order valence-corrected chi connectivity index (χ3v) is 3.90. The molecule has 1 unspecified atom stereocenters. The Kier molecular flexibility index (Phi) is 4.79. The summed E-state index contributed by atoms with van der Waals surface area (Å²) in [7, 11) is 0. The molecule has 1 aromatic rings. The van der Waals surface area contributed by atoms with E-state index >= 15 is 0 Å². The predicted octanol–water partition coefficient (Wildman–Crippen LogP) is 2.88. The maximum Gasteiger partial charge on any atom is 0.0237 e. The Morgan fingerprint density at radius 2 is 2.17 bits per heavy atom. The molecule has 0 amide bonds. The Morgan fingerprint density at radius 1 is 1.33 bits per heavy atom. The lowest BCUT2D eigenvalue weighted by Crippen LogP contribution is -2.45. The lowest BCUT2D eigenvalue weighted by molar-refractivity contribution is 0.184. The van der Waals surface area contributed by atoms with Crippen molar-refractivity contribution in [1.29, 1.82) is 0 Å². The SMILES string of the molecule is CCNC1CCCN(Cc2cc(C)ccc2C)C1. The fourth-order valence-electron chi connectivity index (χ4n) is 2.87. The largest absolute Gasteiger partial charge is 0.313 e. The van der Waals surface area contributed by atoms with Crippen molar-refractivity contribution in [2.24, 2.45) is 0 Å². The van der Waals surface area contributed by atoms with E-state index in [1.54, 1.807) is 0 Å². The molecule has 1 fully saturated rings. The number of benzene rings is 1. The zero-order valence-electron chi connectivity index (χ0n) is 12.0. The van der Waals surface area contributed by atoms with Gasteiger partial charge in [-0.15, -0.1) is 0 Å². The second-order valence-electron chi connectivity index (χ2n) is 5.56. The molecule has 1 N–H and O–H groups in total. The van der Waals surface area contributed by atoms with Gasteiger partial charge >= 0.3 is 0 Å². The van der Waals surface area contributed by atoms with Crippen LogP contribution in [0.4, 0.5) is 0 Å². The Bertz CT molecular complexity index is 385. The molecule has 0 bridgehead atoms. The quantitative estimate of drug-likeness (QED) is 0.879. The molecule has 2 nitrogen and oxygen atoms in total. The zero-order chi connectivity index (χ0) is 13.0. The average Bonchev–Trinajstić information content (AvgIpc) is 2.35. The molecule has 0 saturated carbocycles. The van der Waals surface area contributed by atoms with E-state index in [2.05, 4.69) is 49.2 Å². The van der Waals surface area contributed by atoms with Crippen molar-refractivity contribution in [3.8, 4) is 0 Å². The minimum atomic E-state index is 0.689. The molecule has 1 saturated heterocycles. The average molecular weight is 246 g/mol. The van der Waals surface area contributed by atoms with Crippen molar-refractivity contribution in [3.63, 3.8) is 0 Å². The molecular weight excluding hydrogens is 220 g/mol. The number of hydrogen-bond acceptors (Lipinski definition) is 2. The summed E-state index contributed by atoms with van der Waals surface area (Å²) >= 11 is 0. The van der Waals surface area contributed by atoms with Crippen molar-refractivity contribution in [3.05, 3.63) is 34.9 Å². The van der Waals surface area contributed by atoms with Gasteiger partial charge in [-0.05, 0) is 50.9 Å². The lowest BCUT2D eigenvalue weighted by Gasteiger charge is -2.33. The van der Waals surface area contributed by atoms with E-state index in [9.17, 15) is 0 Å². The van der Waals surface area contributed by atoms with Crippen LogP contribution in [0.2, 0.25) is 0 Å². The molecule has 0 radical (unpaired) electrons. The van der Waals surface area contributed by atoms with E-state index in [0.717, 1.165) is 13.1 Å². The van der Waals surface area contributed by atoms with Crippen molar-refractivity contribution in [1.82, 2.24) is 10.2 Å². The molecule has 2 heteroatoms. The summed E-state index contributed by atoms with van der Waals surface area (Å²) in [6, 6.07) is 7.48. The van der Waals surface area contributed by atoms with E-state index in [-0.39, 0.29) is 0 Å². The minimum absolute atomic E-state index is 0.689. The molecule has 1 atom stereocenters. The molecule has 1 aliphatic heterocycles. The third-order valence-electron chi connectivity index (χ3n) is 3.90. The highest BCUT2D eigenvalue weighted by molar-refractivity contribution is 5.30. The number of rotatable bonds is 4. The number of aryl methyl sites for hydroxylation is 2. The minimum Gasteiger partial charge on any atom is -0.313 e. The lowest BCUT2D eigenvalue weighted by atomic mass is 10.0. The van der Waals surface area contributed by atoms with Gasteiger partial charge in [0.05, 0.1) is 0 Å². The molecule has 2 rings (SSSR count). The maximum absolute atomic E-state index is 3.58. The normalized spacial score (nSPS) is 21.2. The number of likely N-dealkylation sites (N-methyl/N-ethyl adjacent to an activating group) is 1. The summed E-state index contributed by atoms with van der Waals surface area (Å²) in [4.78, 5) is 2.60. The Balaban J connectivity index is 1.98. The van der Waals surface area contributed by atoms with Gasteiger partial charge in [-0.3, -0.25) is 4.90 Å². The first-order valence-electron chi connectivity index (χ1n) is 7.21. The van der Waals surface area contributed by atoms with Crippen LogP contribution in [0, 0.1) is 13.8 Å². The van der Waals surface area contributed by atoms with Crippen LogP contribution in [0.15, 0.2) is 18.2 Å². The van der Waals surface area contributed by atoms with Crippen LogP contribution >= 0.6 is 0 Å². The zero-order valence-corrected chi connectivity index (χ0v) is 12.0. The van der Waals surface area contributed by atoms with Crippen LogP contribution in [-0.4, -0.2) is 30.6 Å². The van der Waals surface area contributed by atoms with Crippen LogP contribution in [0.25, 0.3) is 0 Å². The van der Waals surface area contributed by atoms with E-state index in [4.69, 9.17) is 0 Å². The number of nitrogens with zero attached hydrogens (tertiary/aromatic N) is 1. The molecule has 1 heterocycles. The molecule has 1 aliphatic rings. The fraction of sp³-hybridized carbons (Fsp3) is 0.625. The van der Waals surface area contributed by atoms with Gasteiger partial charge in [-0.1, -0.05) is 30.7 Å². The summed E-state index contributed by atoms with van der Waals surface area (Å²) < 4.78 is 0. The van der Waals surface area contributed by atoms with Crippen LogP contribution in [-0.2, 0) is 6.54 Å². The number of hydrogen-bond donors (Lipinski definition) is 1. The summed E-state index contributed by atoms with van der Waals surface area (Å²) in [6.45, 7) is 11.2.